The number of hydrogen-bond acceptors (Lipinski definition) is 3. The molecule has 1 aliphatic rings. The van der Waals surface area contributed by atoms with Crippen molar-refractivity contribution in [1.29, 1.82) is 0 Å². The molecule has 0 aliphatic carbocycles. The van der Waals surface area contributed by atoms with Crippen LogP contribution in [0.1, 0.15) is 29.6 Å². The number of amides is 2. The van der Waals surface area contributed by atoms with Crippen LogP contribution in [-0.4, -0.2) is 50.1 Å². The van der Waals surface area contributed by atoms with Gasteiger partial charge in [-0.25, -0.2) is 0 Å². The summed E-state index contributed by atoms with van der Waals surface area (Å²) in [5, 5.41) is 3.72. The zero-order chi connectivity index (χ0) is 17.5. The van der Waals surface area contributed by atoms with E-state index < -0.39 is 0 Å². The molecule has 0 bridgehead atoms. The minimum atomic E-state index is -0.0764. The Kier molecular flexibility index (Phi) is 7.34. The first-order chi connectivity index (χ1) is 11.5. The Balaban J connectivity index is 1.82. The van der Waals surface area contributed by atoms with Gasteiger partial charge in [0.2, 0.25) is 5.91 Å². The fraction of sp³-hybridized carbons (Fsp3) is 0.529. The van der Waals surface area contributed by atoms with Crippen LogP contribution in [0.4, 0.5) is 0 Å². The lowest BCUT2D eigenvalue weighted by molar-refractivity contribution is -0.126. The molecule has 1 saturated heterocycles. The lowest BCUT2D eigenvalue weighted by atomic mass is 9.95. The van der Waals surface area contributed by atoms with Gasteiger partial charge in [-0.1, -0.05) is 23.2 Å². The molecule has 0 atom stereocenters. The molecule has 7 heteroatoms. The number of methoxy groups -OCH3 is 1. The third-order valence-corrected chi connectivity index (χ3v) is 4.88. The van der Waals surface area contributed by atoms with Crippen LogP contribution in [0.15, 0.2) is 18.2 Å². The Labute approximate surface area is 152 Å². The SMILES string of the molecule is COCCCNC(=O)C1CCN(C(=O)c2ccc(Cl)c(Cl)c2)CC1. The number of likely N-dealkylation sites (tertiary alicyclic amines) is 1. The van der Waals surface area contributed by atoms with E-state index in [9.17, 15) is 9.59 Å². The number of hydrogen-bond donors (Lipinski definition) is 1. The predicted molar refractivity (Wildman–Crippen MR) is 94.6 cm³/mol. The number of nitrogens with zero attached hydrogens (tertiary/aromatic N) is 1. The summed E-state index contributed by atoms with van der Waals surface area (Å²) in [4.78, 5) is 26.4. The smallest absolute Gasteiger partial charge is 0.253 e. The minimum absolute atomic E-state index is 0.0367. The molecular formula is C17H22Cl2N2O3. The molecule has 1 N–H and O–H groups in total. The van der Waals surface area contributed by atoms with Gasteiger partial charge in [0, 0.05) is 44.8 Å². The van der Waals surface area contributed by atoms with Crippen molar-refractivity contribution in [1.82, 2.24) is 10.2 Å². The van der Waals surface area contributed by atoms with Crippen molar-refractivity contribution in [2.75, 3.05) is 33.4 Å². The highest BCUT2D eigenvalue weighted by atomic mass is 35.5. The number of ether oxygens (including phenoxy) is 1. The van der Waals surface area contributed by atoms with E-state index in [0.717, 1.165) is 6.42 Å². The molecule has 2 rings (SSSR count). The van der Waals surface area contributed by atoms with Crippen LogP contribution in [0.2, 0.25) is 10.0 Å². The molecule has 2 amide bonds. The van der Waals surface area contributed by atoms with E-state index in [1.807, 2.05) is 0 Å². The van der Waals surface area contributed by atoms with Crippen molar-refractivity contribution >= 4 is 35.0 Å². The topological polar surface area (TPSA) is 58.6 Å². The number of carbonyl (C=O) groups excluding carboxylic acids is 2. The number of rotatable bonds is 6. The molecule has 0 aromatic heterocycles. The predicted octanol–water partition coefficient (Wildman–Crippen LogP) is 3.00. The number of benzene rings is 1. The third kappa shape index (κ3) is 5.10. The summed E-state index contributed by atoms with van der Waals surface area (Å²) in [6.45, 7) is 2.39. The van der Waals surface area contributed by atoms with Crippen molar-refractivity contribution in [2.24, 2.45) is 5.92 Å². The van der Waals surface area contributed by atoms with Crippen LogP contribution in [-0.2, 0) is 9.53 Å². The molecule has 0 unspecified atom stereocenters. The molecule has 1 aromatic carbocycles. The third-order valence-electron chi connectivity index (χ3n) is 4.14. The van der Waals surface area contributed by atoms with Gasteiger partial charge in [-0.15, -0.1) is 0 Å². The highest BCUT2D eigenvalue weighted by Crippen LogP contribution is 2.25. The fourth-order valence-electron chi connectivity index (χ4n) is 2.73. The second-order valence-electron chi connectivity index (χ2n) is 5.83. The maximum absolute atomic E-state index is 12.5. The number of piperidine rings is 1. The summed E-state index contributed by atoms with van der Waals surface area (Å²) in [6, 6.07) is 4.88. The summed E-state index contributed by atoms with van der Waals surface area (Å²) in [7, 11) is 1.64. The van der Waals surface area contributed by atoms with Gasteiger partial charge < -0.3 is 15.0 Å². The summed E-state index contributed by atoms with van der Waals surface area (Å²) < 4.78 is 4.95. The Morgan fingerprint density at radius 1 is 1.25 bits per heavy atom. The van der Waals surface area contributed by atoms with Crippen molar-refractivity contribution in [3.05, 3.63) is 33.8 Å². The Morgan fingerprint density at radius 3 is 2.58 bits per heavy atom. The van der Waals surface area contributed by atoms with Gasteiger partial charge in [0.15, 0.2) is 0 Å². The van der Waals surface area contributed by atoms with Gasteiger partial charge >= 0.3 is 0 Å². The maximum Gasteiger partial charge on any atom is 0.253 e. The van der Waals surface area contributed by atoms with E-state index in [1.165, 1.54) is 0 Å². The first-order valence-electron chi connectivity index (χ1n) is 8.04. The fourth-order valence-corrected chi connectivity index (χ4v) is 3.03. The molecule has 24 heavy (non-hydrogen) atoms. The Bertz CT molecular complexity index is 587. The monoisotopic (exact) mass is 372 g/mol. The molecule has 1 fully saturated rings. The molecular weight excluding hydrogens is 351 g/mol. The molecule has 0 saturated carbocycles. The summed E-state index contributed by atoms with van der Waals surface area (Å²) in [5.74, 6) is -0.0503. The van der Waals surface area contributed by atoms with E-state index in [2.05, 4.69) is 5.32 Å². The first-order valence-corrected chi connectivity index (χ1v) is 8.79. The van der Waals surface area contributed by atoms with Crippen LogP contribution in [0.25, 0.3) is 0 Å². The summed E-state index contributed by atoms with van der Waals surface area (Å²) >= 11 is 11.8. The zero-order valence-corrected chi connectivity index (χ0v) is 15.2. The highest BCUT2D eigenvalue weighted by Gasteiger charge is 2.27. The van der Waals surface area contributed by atoms with Crippen LogP contribution in [0.5, 0.6) is 0 Å². The van der Waals surface area contributed by atoms with Gasteiger partial charge in [0.25, 0.3) is 5.91 Å². The van der Waals surface area contributed by atoms with Crippen LogP contribution >= 0.6 is 23.2 Å². The Hall–Kier alpha value is -1.30. The van der Waals surface area contributed by atoms with Crippen molar-refractivity contribution < 1.29 is 14.3 Å². The van der Waals surface area contributed by atoms with E-state index in [4.69, 9.17) is 27.9 Å². The van der Waals surface area contributed by atoms with E-state index in [0.29, 0.717) is 54.7 Å². The standard InChI is InChI=1S/C17H22Cl2N2O3/c1-24-10-2-7-20-16(22)12-5-8-21(9-6-12)17(23)13-3-4-14(18)15(19)11-13/h3-4,11-12H,2,5-10H2,1H3,(H,20,22). The van der Waals surface area contributed by atoms with Gasteiger partial charge in [-0.2, -0.15) is 0 Å². The number of halogens is 2. The second-order valence-corrected chi connectivity index (χ2v) is 6.65. The molecule has 5 nitrogen and oxygen atoms in total. The summed E-state index contributed by atoms with van der Waals surface area (Å²) in [6.07, 6.45) is 2.14. The van der Waals surface area contributed by atoms with E-state index in [-0.39, 0.29) is 17.7 Å². The normalized spacial score (nSPS) is 15.4. The molecule has 0 spiro atoms. The minimum Gasteiger partial charge on any atom is -0.385 e. The molecule has 0 radical (unpaired) electrons. The van der Waals surface area contributed by atoms with E-state index in [1.54, 1.807) is 30.2 Å². The maximum atomic E-state index is 12.5. The highest BCUT2D eigenvalue weighted by molar-refractivity contribution is 6.42. The lowest BCUT2D eigenvalue weighted by Crippen LogP contribution is -2.43. The first kappa shape index (κ1) is 19.0. The van der Waals surface area contributed by atoms with Gasteiger partial charge in [0.1, 0.15) is 0 Å². The van der Waals surface area contributed by atoms with E-state index >= 15 is 0 Å². The number of carbonyl (C=O) groups is 2. The van der Waals surface area contributed by atoms with Gasteiger partial charge in [0.05, 0.1) is 10.0 Å². The molecule has 1 aliphatic heterocycles. The van der Waals surface area contributed by atoms with Crippen molar-refractivity contribution in [3.8, 4) is 0 Å². The van der Waals surface area contributed by atoms with Gasteiger partial charge in [-0.3, -0.25) is 9.59 Å². The molecule has 1 aromatic rings. The van der Waals surface area contributed by atoms with Crippen LogP contribution in [0.3, 0.4) is 0 Å². The van der Waals surface area contributed by atoms with Crippen LogP contribution in [0, 0.1) is 5.92 Å². The molecule has 132 valence electrons. The quantitative estimate of drug-likeness (QED) is 0.780. The largest absolute Gasteiger partial charge is 0.385 e. The number of nitrogens with one attached hydrogen (secondary N) is 1. The zero-order valence-electron chi connectivity index (χ0n) is 13.7. The molecule has 1 heterocycles. The Morgan fingerprint density at radius 2 is 1.96 bits per heavy atom. The second kappa shape index (κ2) is 9.25. The average Bonchev–Trinajstić information content (AvgIpc) is 2.60. The van der Waals surface area contributed by atoms with Crippen molar-refractivity contribution in [3.63, 3.8) is 0 Å². The van der Waals surface area contributed by atoms with Crippen molar-refractivity contribution in [2.45, 2.75) is 19.3 Å². The van der Waals surface area contributed by atoms with Gasteiger partial charge in [-0.05, 0) is 37.5 Å². The average molecular weight is 373 g/mol. The lowest BCUT2D eigenvalue weighted by Gasteiger charge is -2.31. The van der Waals surface area contributed by atoms with Crippen LogP contribution < -0.4 is 5.32 Å². The summed E-state index contributed by atoms with van der Waals surface area (Å²) in [5.41, 5.74) is 0.520.